The van der Waals surface area contributed by atoms with Gasteiger partial charge in [-0.2, -0.15) is 0 Å². The molecule has 2 aromatic carbocycles. The Kier molecular flexibility index (Phi) is 7.20. The van der Waals surface area contributed by atoms with Crippen molar-refractivity contribution in [1.82, 2.24) is 4.98 Å². The molecule has 0 saturated heterocycles. The van der Waals surface area contributed by atoms with Crippen LogP contribution in [0.1, 0.15) is 54.4 Å². The Hall–Kier alpha value is -3.39. The standard InChI is InChI=1S/C28H28ClF2N3O3/c29-20-10-8-19(9-11-20)28(33-24-13-22(30)23(31)14-25(24)34-28)21(17-5-3-1-2-4-6-17)16-37-26-12-7-18(15-32-26)27(35)36/h7-15,17,21,33-34H,1-6,16H2,(H,35,36). The van der Waals surface area contributed by atoms with E-state index in [9.17, 15) is 18.7 Å². The molecule has 5 rings (SSSR count). The number of aromatic carboxylic acids is 1. The molecular weight excluding hydrogens is 500 g/mol. The lowest BCUT2D eigenvalue weighted by molar-refractivity contribution is 0.0696. The van der Waals surface area contributed by atoms with Crippen molar-refractivity contribution in [3.8, 4) is 5.88 Å². The van der Waals surface area contributed by atoms with Crippen LogP contribution >= 0.6 is 11.6 Å². The number of benzene rings is 2. The highest BCUT2D eigenvalue weighted by Crippen LogP contribution is 2.49. The van der Waals surface area contributed by atoms with Crippen molar-refractivity contribution < 1.29 is 23.4 Å². The molecule has 1 atom stereocenters. The van der Waals surface area contributed by atoms with E-state index >= 15 is 0 Å². The van der Waals surface area contributed by atoms with Gasteiger partial charge in [-0.1, -0.05) is 49.4 Å². The fourth-order valence-electron chi connectivity index (χ4n) is 5.56. The van der Waals surface area contributed by atoms with Gasteiger partial charge in [0.15, 0.2) is 11.6 Å². The van der Waals surface area contributed by atoms with Crippen LogP contribution in [-0.4, -0.2) is 22.7 Å². The van der Waals surface area contributed by atoms with Crippen LogP contribution < -0.4 is 15.4 Å². The molecule has 1 aliphatic heterocycles. The maximum atomic E-state index is 14.2. The summed E-state index contributed by atoms with van der Waals surface area (Å²) < 4.78 is 34.6. The van der Waals surface area contributed by atoms with Crippen LogP contribution in [0.4, 0.5) is 20.2 Å². The third-order valence-electron chi connectivity index (χ3n) is 7.44. The van der Waals surface area contributed by atoms with E-state index in [1.807, 2.05) is 12.1 Å². The first kappa shape index (κ1) is 25.3. The molecule has 3 aromatic rings. The van der Waals surface area contributed by atoms with Gasteiger partial charge < -0.3 is 20.5 Å². The number of anilines is 2. The number of rotatable bonds is 7. The zero-order valence-corrected chi connectivity index (χ0v) is 20.9. The third kappa shape index (κ3) is 5.21. The number of halogens is 3. The molecule has 1 unspecified atom stereocenters. The predicted octanol–water partition coefficient (Wildman–Crippen LogP) is 7.07. The lowest BCUT2D eigenvalue weighted by Crippen LogP contribution is -2.51. The molecule has 194 valence electrons. The molecule has 1 saturated carbocycles. The van der Waals surface area contributed by atoms with Crippen molar-refractivity contribution in [1.29, 1.82) is 0 Å². The van der Waals surface area contributed by atoms with E-state index < -0.39 is 23.3 Å². The molecule has 9 heteroatoms. The highest BCUT2D eigenvalue weighted by molar-refractivity contribution is 6.30. The molecule has 1 aliphatic carbocycles. The largest absolute Gasteiger partial charge is 0.478 e. The average molecular weight is 528 g/mol. The summed E-state index contributed by atoms with van der Waals surface area (Å²) in [5.41, 5.74) is 0.945. The minimum Gasteiger partial charge on any atom is -0.478 e. The Labute approximate surface area is 219 Å². The summed E-state index contributed by atoms with van der Waals surface area (Å²) in [6.07, 6.45) is 7.72. The molecule has 1 fully saturated rings. The third-order valence-corrected chi connectivity index (χ3v) is 7.69. The molecular formula is C28H28ClF2N3O3. The molecule has 0 bridgehead atoms. The lowest BCUT2D eigenvalue weighted by Gasteiger charge is -2.43. The van der Waals surface area contributed by atoms with Crippen LogP contribution in [0.15, 0.2) is 54.7 Å². The van der Waals surface area contributed by atoms with Crippen LogP contribution in [-0.2, 0) is 5.66 Å². The summed E-state index contributed by atoms with van der Waals surface area (Å²) in [5, 5.41) is 16.7. The summed E-state index contributed by atoms with van der Waals surface area (Å²) in [4.78, 5) is 15.4. The minimum absolute atomic E-state index is 0.0731. The van der Waals surface area contributed by atoms with Crippen molar-refractivity contribution in [3.63, 3.8) is 0 Å². The van der Waals surface area contributed by atoms with E-state index in [0.29, 0.717) is 22.3 Å². The van der Waals surface area contributed by atoms with Gasteiger partial charge in [0.2, 0.25) is 5.88 Å². The van der Waals surface area contributed by atoms with E-state index in [1.165, 1.54) is 30.5 Å². The van der Waals surface area contributed by atoms with Gasteiger partial charge >= 0.3 is 5.97 Å². The molecule has 1 aromatic heterocycles. The van der Waals surface area contributed by atoms with Crippen molar-refractivity contribution >= 4 is 28.9 Å². The van der Waals surface area contributed by atoms with Gasteiger partial charge in [-0.05, 0) is 42.5 Å². The van der Waals surface area contributed by atoms with Crippen molar-refractivity contribution in [2.45, 2.75) is 44.2 Å². The summed E-state index contributed by atoms with van der Waals surface area (Å²) in [7, 11) is 0. The number of carboxylic acids is 1. The average Bonchev–Trinajstić information content (AvgIpc) is 3.05. The number of pyridine rings is 1. The van der Waals surface area contributed by atoms with E-state index in [1.54, 1.807) is 12.1 Å². The minimum atomic E-state index is -1.06. The van der Waals surface area contributed by atoms with Crippen LogP contribution in [0.3, 0.4) is 0 Å². The number of carboxylic acid groups (broad SMARTS) is 1. The first-order valence-corrected chi connectivity index (χ1v) is 12.9. The molecule has 0 amide bonds. The van der Waals surface area contributed by atoms with Crippen molar-refractivity contribution in [3.05, 3.63) is 82.5 Å². The number of nitrogens with one attached hydrogen (secondary N) is 2. The number of carbonyl (C=O) groups is 1. The summed E-state index contributed by atoms with van der Waals surface area (Å²) in [5.74, 6) is -2.54. The number of ether oxygens (including phenoxy) is 1. The van der Waals surface area contributed by atoms with Gasteiger partial charge in [-0.25, -0.2) is 18.6 Å². The van der Waals surface area contributed by atoms with Gasteiger partial charge in [0, 0.05) is 35.3 Å². The number of aromatic nitrogens is 1. The predicted molar refractivity (Wildman–Crippen MR) is 138 cm³/mol. The van der Waals surface area contributed by atoms with Gasteiger partial charge in [-0.3, -0.25) is 0 Å². The fourth-order valence-corrected chi connectivity index (χ4v) is 5.69. The normalized spacial score (nSPS) is 17.7. The zero-order chi connectivity index (χ0) is 26.0. The number of fused-ring (bicyclic) bond motifs is 1. The van der Waals surface area contributed by atoms with Gasteiger partial charge in [0.1, 0.15) is 5.66 Å². The molecule has 6 nitrogen and oxygen atoms in total. The molecule has 37 heavy (non-hydrogen) atoms. The Balaban J connectivity index is 1.55. The maximum absolute atomic E-state index is 14.2. The Morgan fingerprint density at radius 1 is 1.03 bits per heavy atom. The maximum Gasteiger partial charge on any atom is 0.337 e. The summed E-state index contributed by atoms with van der Waals surface area (Å²) in [6, 6.07) is 12.7. The Morgan fingerprint density at radius 2 is 1.65 bits per heavy atom. The van der Waals surface area contributed by atoms with Crippen molar-refractivity contribution in [2.24, 2.45) is 11.8 Å². The second-order valence-electron chi connectivity index (χ2n) is 9.74. The molecule has 0 spiro atoms. The smallest absolute Gasteiger partial charge is 0.337 e. The summed E-state index contributed by atoms with van der Waals surface area (Å²) >= 11 is 6.21. The second-order valence-corrected chi connectivity index (χ2v) is 10.2. The van der Waals surface area contributed by atoms with E-state index in [0.717, 1.165) is 44.1 Å². The highest BCUT2D eigenvalue weighted by Gasteiger charge is 2.49. The van der Waals surface area contributed by atoms with Gasteiger partial charge in [0.05, 0.1) is 23.5 Å². The zero-order valence-electron chi connectivity index (χ0n) is 20.1. The Morgan fingerprint density at radius 3 is 2.19 bits per heavy atom. The lowest BCUT2D eigenvalue weighted by atomic mass is 9.75. The fraction of sp³-hybridized carbons (Fsp3) is 0.357. The Bertz CT molecular complexity index is 1230. The number of hydrogen-bond acceptors (Lipinski definition) is 5. The molecule has 0 radical (unpaired) electrons. The molecule has 2 heterocycles. The highest BCUT2D eigenvalue weighted by atomic mass is 35.5. The van der Waals surface area contributed by atoms with Crippen LogP contribution in [0.5, 0.6) is 5.88 Å². The first-order chi connectivity index (χ1) is 17.9. The summed E-state index contributed by atoms with van der Waals surface area (Å²) in [6.45, 7) is 0.242. The quantitative estimate of drug-likeness (QED) is 0.285. The van der Waals surface area contributed by atoms with E-state index in [-0.39, 0.29) is 24.0 Å². The second kappa shape index (κ2) is 10.5. The van der Waals surface area contributed by atoms with Crippen LogP contribution in [0.25, 0.3) is 0 Å². The molecule has 3 N–H and O–H groups in total. The monoisotopic (exact) mass is 527 g/mol. The van der Waals surface area contributed by atoms with Crippen LogP contribution in [0, 0.1) is 23.5 Å². The topological polar surface area (TPSA) is 83.5 Å². The van der Waals surface area contributed by atoms with E-state index in [2.05, 4.69) is 15.6 Å². The van der Waals surface area contributed by atoms with Crippen molar-refractivity contribution in [2.75, 3.05) is 17.2 Å². The van der Waals surface area contributed by atoms with Gasteiger partial charge in [0.25, 0.3) is 0 Å². The van der Waals surface area contributed by atoms with Crippen LogP contribution in [0.2, 0.25) is 5.02 Å². The first-order valence-electron chi connectivity index (χ1n) is 12.5. The van der Waals surface area contributed by atoms with Gasteiger partial charge in [-0.15, -0.1) is 0 Å². The number of hydrogen-bond donors (Lipinski definition) is 3. The number of nitrogens with zero attached hydrogens (tertiary/aromatic N) is 1. The molecule has 2 aliphatic rings. The van der Waals surface area contributed by atoms with E-state index in [4.69, 9.17) is 16.3 Å². The SMILES string of the molecule is O=C(O)c1ccc(OCC(C2CCCCCC2)C2(c3ccc(Cl)cc3)Nc3cc(F)c(F)cc3N2)nc1.